The van der Waals surface area contributed by atoms with Crippen LogP contribution in [0.4, 0.5) is 9.18 Å². The SMILES string of the molecule is O=C(OCC1CCN(Cc2ccccc2)CC1)N1CCC(F)(CN[C@@H]2C[C@H]2c2ccccc2)CC1. The van der Waals surface area contributed by atoms with Crippen molar-refractivity contribution in [2.45, 2.75) is 56.3 Å². The minimum atomic E-state index is -1.24. The van der Waals surface area contributed by atoms with Crippen LogP contribution in [0.2, 0.25) is 0 Å². The monoisotopic (exact) mass is 479 g/mol. The normalized spacial score (nSPS) is 24.8. The predicted molar refractivity (Wildman–Crippen MR) is 136 cm³/mol. The molecule has 3 fully saturated rings. The summed E-state index contributed by atoms with van der Waals surface area (Å²) in [4.78, 5) is 16.7. The van der Waals surface area contributed by atoms with Crippen molar-refractivity contribution >= 4 is 6.09 Å². The number of carbonyl (C=O) groups is 1. The van der Waals surface area contributed by atoms with Crippen LogP contribution in [0.5, 0.6) is 0 Å². The van der Waals surface area contributed by atoms with Crippen LogP contribution < -0.4 is 5.32 Å². The maximum atomic E-state index is 15.4. The number of carbonyl (C=O) groups excluding carboxylic acids is 1. The van der Waals surface area contributed by atoms with Crippen LogP contribution in [0.1, 0.15) is 49.1 Å². The molecule has 2 aromatic carbocycles. The number of likely N-dealkylation sites (tertiary alicyclic amines) is 2. The Kier molecular flexibility index (Phi) is 7.69. The Bertz CT molecular complexity index is 941. The molecule has 0 spiro atoms. The van der Waals surface area contributed by atoms with E-state index in [-0.39, 0.29) is 6.09 Å². The van der Waals surface area contributed by atoms with E-state index in [0.717, 1.165) is 38.9 Å². The van der Waals surface area contributed by atoms with Crippen molar-refractivity contribution in [2.24, 2.45) is 5.92 Å². The quantitative estimate of drug-likeness (QED) is 0.580. The summed E-state index contributed by atoms with van der Waals surface area (Å²) in [6, 6.07) is 21.4. The van der Waals surface area contributed by atoms with Gasteiger partial charge in [0.2, 0.25) is 0 Å². The minimum absolute atomic E-state index is 0.280. The largest absolute Gasteiger partial charge is 0.449 e. The zero-order chi connectivity index (χ0) is 24.1. The van der Waals surface area contributed by atoms with Crippen molar-refractivity contribution in [3.8, 4) is 0 Å². The molecule has 0 aromatic heterocycles. The molecule has 2 heterocycles. The van der Waals surface area contributed by atoms with Gasteiger partial charge in [0.15, 0.2) is 0 Å². The molecule has 5 nitrogen and oxygen atoms in total. The lowest BCUT2D eigenvalue weighted by Crippen LogP contribution is -2.49. The zero-order valence-corrected chi connectivity index (χ0v) is 20.6. The first-order chi connectivity index (χ1) is 17.1. The molecule has 5 rings (SSSR count). The van der Waals surface area contributed by atoms with E-state index in [4.69, 9.17) is 4.74 Å². The fourth-order valence-electron chi connectivity index (χ4n) is 5.50. The van der Waals surface area contributed by atoms with Crippen LogP contribution in [0.3, 0.4) is 0 Å². The summed E-state index contributed by atoms with van der Waals surface area (Å²) < 4.78 is 21.0. The smallest absolute Gasteiger partial charge is 0.409 e. The summed E-state index contributed by atoms with van der Waals surface area (Å²) in [5.74, 6) is 0.913. The summed E-state index contributed by atoms with van der Waals surface area (Å²) in [7, 11) is 0. The molecule has 0 unspecified atom stereocenters. The fourth-order valence-corrected chi connectivity index (χ4v) is 5.50. The van der Waals surface area contributed by atoms with Gasteiger partial charge in [-0.2, -0.15) is 0 Å². The highest BCUT2D eigenvalue weighted by atomic mass is 19.1. The first-order valence-corrected chi connectivity index (χ1v) is 13.2. The van der Waals surface area contributed by atoms with Gasteiger partial charge in [0, 0.05) is 51.0 Å². The third kappa shape index (κ3) is 6.62. The van der Waals surface area contributed by atoms with E-state index in [0.29, 0.717) is 57.0 Å². The average molecular weight is 480 g/mol. The molecule has 6 heteroatoms. The lowest BCUT2D eigenvalue weighted by molar-refractivity contribution is 0.0324. The molecule has 2 aliphatic heterocycles. The standard InChI is InChI=1S/C29H38FN3O2/c30-29(22-31-27-19-26(27)25-9-5-2-6-10-25)13-17-33(18-14-29)28(34)35-21-24-11-15-32(16-12-24)20-23-7-3-1-4-8-23/h1-10,24,26-27,31H,11-22H2/t26-,27+/m0/s1. The molecule has 1 saturated carbocycles. The fraction of sp³-hybridized carbons (Fsp3) is 0.552. The number of ether oxygens (including phenoxy) is 1. The number of halogens is 1. The van der Waals surface area contributed by atoms with Crippen LogP contribution in [0.25, 0.3) is 0 Å². The van der Waals surface area contributed by atoms with E-state index in [1.165, 1.54) is 11.1 Å². The van der Waals surface area contributed by atoms with Gasteiger partial charge in [-0.1, -0.05) is 60.7 Å². The van der Waals surface area contributed by atoms with Crippen molar-refractivity contribution in [2.75, 3.05) is 39.3 Å². The second-order valence-corrected chi connectivity index (χ2v) is 10.7. The molecule has 0 radical (unpaired) electrons. The Morgan fingerprint density at radius 1 is 0.971 bits per heavy atom. The lowest BCUT2D eigenvalue weighted by atomic mass is 9.93. The van der Waals surface area contributed by atoms with Crippen molar-refractivity contribution < 1.29 is 13.9 Å². The van der Waals surface area contributed by atoms with Crippen molar-refractivity contribution in [1.29, 1.82) is 0 Å². The highest BCUT2D eigenvalue weighted by Gasteiger charge is 2.42. The minimum Gasteiger partial charge on any atom is -0.449 e. The summed E-state index contributed by atoms with van der Waals surface area (Å²) in [6.45, 7) is 4.74. The van der Waals surface area contributed by atoms with Crippen LogP contribution >= 0.6 is 0 Å². The van der Waals surface area contributed by atoms with Gasteiger partial charge in [0.1, 0.15) is 5.67 Å². The summed E-state index contributed by atoms with van der Waals surface area (Å²) in [5.41, 5.74) is 1.43. The van der Waals surface area contributed by atoms with Gasteiger partial charge in [-0.3, -0.25) is 4.90 Å². The van der Waals surface area contributed by atoms with E-state index in [9.17, 15) is 4.79 Å². The molecule has 0 bridgehead atoms. The van der Waals surface area contributed by atoms with Gasteiger partial charge in [-0.15, -0.1) is 0 Å². The summed E-state index contributed by atoms with van der Waals surface area (Å²) in [5, 5.41) is 3.43. The van der Waals surface area contributed by atoms with E-state index >= 15 is 4.39 Å². The number of hydrogen-bond acceptors (Lipinski definition) is 4. The first-order valence-electron chi connectivity index (χ1n) is 13.2. The maximum absolute atomic E-state index is 15.4. The van der Waals surface area contributed by atoms with Gasteiger partial charge in [-0.05, 0) is 49.4 Å². The highest BCUT2D eigenvalue weighted by molar-refractivity contribution is 5.67. The average Bonchev–Trinajstić information content (AvgIpc) is 3.69. The van der Waals surface area contributed by atoms with Crippen molar-refractivity contribution in [1.82, 2.24) is 15.1 Å². The molecular formula is C29H38FN3O2. The van der Waals surface area contributed by atoms with Crippen LogP contribution in [0, 0.1) is 5.92 Å². The lowest BCUT2D eigenvalue weighted by Gasteiger charge is -2.36. The van der Waals surface area contributed by atoms with Crippen LogP contribution in [0.15, 0.2) is 60.7 Å². The topological polar surface area (TPSA) is 44.8 Å². The predicted octanol–water partition coefficient (Wildman–Crippen LogP) is 4.99. The maximum Gasteiger partial charge on any atom is 0.409 e. The number of piperidine rings is 2. The Hall–Kier alpha value is -2.44. The van der Waals surface area contributed by atoms with Crippen LogP contribution in [-0.2, 0) is 11.3 Å². The zero-order valence-electron chi connectivity index (χ0n) is 20.6. The van der Waals surface area contributed by atoms with Gasteiger partial charge < -0.3 is 15.0 Å². The first kappa shape index (κ1) is 24.3. The van der Waals surface area contributed by atoms with E-state index < -0.39 is 5.67 Å². The summed E-state index contributed by atoms with van der Waals surface area (Å²) >= 11 is 0. The Morgan fingerprint density at radius 3 is 2.31 bits per heavy atom. The molecule has 1 amide bonds. The number of alkyl halides is 1. The van der Waals surface area contributed by atoms with Crippen molar-refractivity contribution in [3.05, 3.63) is 71.8 Å². The third-order valence-electron chi connectivity index (χ3n) is 8.02. The molecule has 2 saturated heterocycles. The number of hydrogen-bond donors (Lipinski definition) is 1. The Labute approximate surface area is 208 Å². The van der Waals surface area contributed by atoms with Gasteiger partial charge in [0.25, 0.3) is 0 Å². The second-order valence-electron chi connectivity index (χ2n) is 10.7. The second kappa shape index (κ2) is 11.1. The number of amides is 1. The van der Waals surface area contributed by atoms with Crippen molar-refractivity contribution in [3.63, 3.8) is 0 Å². The van der Waals surface area contributed by atoms with E-state index in [1.807, 2.05) is 12.1 Å². The van der Waals surface area contributed by atoms with Gasteiger partial charge in [0.05, 0.1) is 6.61 Å². The summed E-state index contributed by atoms with van der Waals surface area (Å²) in [6.07, 6.45) is 3.63. The van der Waals surface area contributed by atoms with E-state index in [2.05, 4.69) is 58.7 Å². The highest BCUT2D eigenvalue weighted by Crippen LogP contribution is 2.41. The number of rotatable bonds is 8. The van der Waals surface area contributed by atoms with Gasteiger partial charge in [-0.25, -0.2) is 9.18 Å². The number of benzene rings is 2. The number of nitrogens with one attached hydrogen (secondary N) is 1. The molecule has 2 atom stereocenters. The molecule has 1 N–H and O–H groups in total. The molecule has 188 valence electrons. The van der Waals surface area contributed by atoms with Gasteiger partial charge >= 0.3 is 6.09 Å². The van der Waals surface area contributed by atoms with E-state index in [1.54, 1.807) is 4.90 Å². The molecular weight excluding hydrogens is 441 g/mol. The molecule has 3 aliphatic rings. The molecule has 2 aromatic rings. The molecule has 35 heavy (non-hydrogen) atoms. The third-order valence-corrected chi connectivity index (χ3v) is 8.02. The van der Waals surface area contributed by atoms with Crippen LogP contribution in [-0.4, -0.2) is 66.9 Å². The number of nitrogens with zero attached hydrogens (tertiary/aromatic N) is 2. The Morgan fingerprint density at radius 2 is 1.63 bits per heavy atom. The molecule has 1 aliphatic carbocycles. The Balaban J connectivity index is 0.969.